The molecule has 0 nitrogen and oxygen atoms in total. The molecule has 0 aliphatic carbocycles. The average molecular weight is 531 g/mol. The molecule has 0 aliphatic rings. The van der Waals surface area contributed by atoms with Crippen LogP contribution in [0.5, 0.6) is 0 Å². The second-order valence-electron chi connectivity index (χ2n) is 10.8. The zero-order valence-electron chi connectivity index (χ0n) is 23.0. The first-order chi connectivity index (χ1) is 20.8. The number of hydrogen-bond acceptors (Lipinski definition) is 0. The predicted octanol–water partition coefficient (Wildman–Crippen LogP) is 11.0. The van der Waals surface area contributed by atoms with Gasteiger partial charge in [0, 0.05) is 11.1 Å². The van der Waals surface area contributed by atoms with Gasteiger partial charge in [-0.2, -0.15) is 0 Å². The highest BCUT2D eigenvalue weighted by Gasteiger charge is 2.15. The third kappa shape index (κ3) is 4.12. The Bertz CT molecular complexity index is 2330. The first-order valence-corrected chi connectivity index (χ1v) is 14.4. The van der Waals surface area contributed by atoms with E-state index in [1.807, 2.05) is 0 Å². The summed E-state index contributed by atoms with van der Waals surface area (Å²) in [7, 11) is 0. The molecular weight excluding hydrogens is 504 g/mol. The molecule has 0 atom stereocenters. The summed E-state index contributed by atoms with van der Waals surface area (Å²) in [6, 6.07) is 56.4. The summed E-state index contributed by atoms with van der Waals surface area (Å²) >= 11 is 0. The van der Waals surface area contributed by atoms with Gasteiger partial charge in [0.2, 0.25) is 0 Å². The van der Waals surface area contributed by atoms with Gasteiger partial charge in [-0.3, -0.25) is 0 Å². The summed E-state index contributed by atoms with van der Waals surface area (Å²) in [6.07, 6.45) is 0. The van der Waals surface area contributed by atoms with Crippen LogP contribution in [0, 0.1) is 11.8 Å². The molecule has 0 saturated heterocycles. The van der Waals surface area contributed by atoms with Gasteiger partial charge in [-0.25, -0.2) is 0 Å². The summed E-state index contributed by atoms with van der Waals surface area (Å²) < 4.78 is 0. The van der Waals surface area contributed by atoms with Gasteiger partial charge >= 0.3 is 0 Å². The lowest BCUT2D eigenvalue weighted by Gasteiger charge is -2.16. The van der Waals surface area contributed by atoms with Crippen molar-refractivity contribution in [2.24, 2.45) is 0 Å². The molecule has 8 aromatic rings. The van der Waals surface area contributed by atoms with Crippen LogP contribution in [0.3, 0.4) is 0 Å². The summed E-state index contributed by atoms with van der Waals surface area (Å²) in [5, 5.41) is 9.79. The molecule has 0 bridgehead atoms. The largest absolute Gasteiger partial charge is 0.0622 e. The standard InChI is InChI=1S/C42H26/c1-3-11-30(12-4-1)33-23-26-40-41(28-33)38(37-17-9-10-18-39(37)42(40)32-14-5-2-6-15-32)25-20-29-19-24-36-34(27-29)22-21-31-13-7-8-16-35(31)36/h1-19,21-24,26-28H. The van der Waals surface area contributed by atoms with Crippen LogP contribution in [0.15, 0.2) is 158 Å². The van der Waals surface area contributed by atoms with Crippen LogP contribution in [0.2, 0.25) is 0 Å². The molecule has 0 heteroatoms. The highest BCUT2D eigenvalue weighted by Crippen LogP contribution is 2.40. The van der Waals surface area contributed by atoms with Crippen LogP contribution in [0.1, 0.15) is 11.1 Å². The van der Waals surface area contributed by atoms with Gasteiger partial charge in [-0.1, -0.05) is 151 Å². The minimum atomic E-state index is 1.02. The summed E-state index contributed by atoms with van der Waals surface area (Å²) in [4.78, 5) is 0. The Morgan fingerprint density at radius 1 is 0.310 bits per heavy atom. The molecule has 8 rings (SSSR count). The lowest BCUT2D eigenvalue weighted by molar-refractivity contribution is 1.63. The van der Waals surface area contributed by atoms with Gasteiger partial charge in [0.25, 0.3) is 0 Å². The number of rotatable bonds is 2. The summed E-state index contributed by atoms with van der Waals surface area (Å²) in [5.41, 5.74) is 6.95. The van der Waals surface area contributed by atoms with Crippen molar-refractivity contribution in [1.29, 1.82) is 0 Å². The minimum Gasteiger partial charge on any atom is -0.0622 e. The normalized spacial score (nSPS) is 11.1. The molecule has 0 amide bonds. The monoisotopic (exact) mass is 530 g/mol. The Kier molecular flexibility index (Phi) is 5.80. The lowest BCUT2D eigenvalue weighted by atomic mass is 9.87. The molecule has 0 heterocycles. The maximum absolute atomic E-state index is 3.66. The molecule has 8 aromatic carbocycles. The van der Waals surface area contributed by atoms with Crippen LogP contribution < -0.4 is 0 Å². The predicted molar refractivity (Wildman–Crippen MR) is 180 cm³/mol. The molecule has 0 aromatic heterocycles. The molecule has 0 fully saturated rings. The van der Waals surface area contributed by atoms with Crippen molar-refractivity contribution in [3.8, 4) is 34.1 Å². The first kappa shape index (κ1) is 24.2. The van der Waals surface area contributed by atoms with E-state index in [0.717, 1.165) is 11.1 Å². The molecule has 0 radical (unpaired) electrons. The molecule has 0 unspecified atom stereocenters. The zero-order valence-corrected chi connectivity index (χ0v) is 23.0. The first-order valence-electron chi connectivity index (χ1n) is 14.4. The van der Waals surface area contributed by atoms with Crippen LogP contribution in [0.4, 0.5) is 0 Å². The van der Waals surface area contributed by atoms with Crippen molar-refractivity contribution in [2.75, 3.05) is 0 Å². The second-order valence-corrected chi connectivity index (χ2v) is 10.8. The fraction of sp³-hybridized carbons (Fsp3) is 0. The van der Waals surface area contributed by atoms with E-state index in [4.69, 9.17) is 0 Å². The molecule has 0 N–H and O–H groups in total. The average Bonchev–Trinajstić information content (AvgIpc) is 3.07. The maximum atomic E-state index is 3.66. The Balaban J connectivity index is 1.39. The Hall–Kier alpha value is -5.64. The van der Waals surface area contributed by atoms with E-state index < -0.39 is 0 Å². The highest BCUT2D eigenvalue weighted by molar-refractivity contribution is 6.17. The Morgan fingerprint density at radius 2 is 0.905 bits per heavy atom. The van der Waals surface area contributed by atoms with E-state index in [9.17, 15) is 0 Å². The van der Waals surface area contributed by atoms with E-state index in [-0.39, 0.29) is 0 Å². The van der Waals surface area contributed by atoms with Crippen LogP contribution >= 0.6 is 0 Å². The second kappa shape index (κ2) is 10.1. The SMILES string of the molecule is C(#Cc1c2ccccc2c(-c2ccccc2)c2ccc(-c3ccccc3)cc12)c1ccc2c(ccc3ccccc32)c1. The molecule has 194 valence electrons. The van der Waals surface area contributed by atoms with E-state index in [2.05, 4.69) is 170 Å². The lowest BCUT2D eigenvalue weighted by Crippen LogP contribution is -1.91. The Labute approximate surface area is 245 Å². The highest BCUT2D eigenvalue weighted by atomic mass is 14.2. The molecule has 0 spiro atoms. The quantitative estimate of drug-likeness (QED) is 0.118. The smallest absolute Gasteiger partial charge is 0.0406 e. The van der Waals surface area contributed by atoms with Crippen LogP contribution in [-0.4, -0.2) is 0 Å². The van der Waals surface area contributed by atoms with E-state index in [1.54, 1.807) is 0 Å². The molecule has 0 aliphatic heterocycles. The van der Waals surface area contributed by atoms with Crippen molar-refractivity contribution in [3.63, 3.8) is 0 Å². The van der Waals surface area contributed by atoms with E-state index in [1.165, 1.54) is 65.3 Å². The van der Waals surface area contributed by atoms with Gasteiger partial charge in [-0.05, 0) is 83.5 Å². The zero-order chi connectivity index (χ0) is 27.9. The van der Waals surface area contributed by atoms with Crippen molar-refractivity contribution >= 4 is 43.1 Å². The van der Waals surface area contributed by atoms with E-state index in [0.29, 0.717) is 0 Å². The fourth-order valence-electron chi connectivity index (χ4n) is 6.26. The summed E-state index contributed by atoms with van der Waals surface area (Å²) in [5.74, 6) is 7.21. The molecular formula is C42H26. The minimum absolute atomic E-state index is 1.02. The number of fused-ring (bicyclic) bond motifs is 5. The third-order valence-electron chi connectivity index (χ3n) is 8.27. The van der Waals surface area contributed by atoms with Gasteiger partial charge in [0.05, 0.1) is 0 Å². The van der Waals surface area contributed by atoms with Crippen LogP contribution in [-0.2, 0) is 0 Å². The van der Waals surface area contributed by atoms with Gasteiger partial charge < -0.3 is 0 Å². The van der Waals surface area contributed by atoms with Gasteiger partial charge in [0.15, 0.2) is 0 Å². The number of hydrogen-bond donors (Lipinski definition) is 0. The van der Waals surface area contributed by atoms with Crippen molar-refractivity contribution in [2.45, 2.75) is 0 Å². The Morgan fingerprint density at radius 3 is 1.71 bits per heavy atom. The van der Waals surface area contributed by atoms with Crippen molar-refractivity contribution in [3.05, 3.63) is 169 Å². The van der Waals surface area contributed by atoms with Crippen molar-refractivity contribution < 1.29 is 0 Å². The third-order valence-corrected chi connectivity index (χ3v) is 8.27. The number of benzene rings is 8. The maximum Gasteiger partial charge on any atom is 0.0406 e. The molecule has 0 saturated carbocycles. The van der Waals surface area contributed by atoms with Gasteiger partial charge in [-0.15, -0.1) is 0 Å². The fourth-order valence-corrected chi connectivity index (χ4v) is 6.26. The summed E-state index contributed by atoms with van der Waals surface area (Å²) in [6.45, 7) is 0. The molecule has 42 heavy (non-hydrogen) atoms. The van der Waals surface area contributed by atoms with Crippen LogP contribution in [0.25, 0.3) is 65.3 Å². The topological polar surface area (TPSA) is 0 Å². The van der Waals surface area contributed by atoms with Crippen molar-refractivity contribution in [1.82, 2.24) is 0 Å². The van der Waals surface area contributed by atoms with Gasteiger partial charge in [0.1, 0.15) is 0 Å². The van der Waals surface area contributed by atoms with E-state index >= 15 is 0 Å².